The molecule has 1 saturated heterocycles. The summed E-state index contributed by atoms with van der Waals surface area (Å²) in [6.45, 7) is 3.82. The minimum Gasteiger partial charge on any atom is -0.495 e. The van der Waals surface area contributed by atoms with Gasteiger partial charge in [0.15, 0.2) is 0 Å². The number of nitrogens with zero attached hydrogens (tertiary/aromatic N) is 2. The summed E-state index contributed by atoms with van der Waals surface area (Å²) in [7, 11) is 3.75. The van der Waals surface area contributed by atoms with Gasteiger partial charge < -0.3 is 20.3 Å². The average molecular weight is 395 g/mol. The normalized spacial score (nSPS) is 17.1. The zero-order valence-electron chi connectivity index (χ0n) is 17.3. The third-order valence-electron chi connectivity index (χ3n) is 6.01. The predicted octanol–water partition coefficient (Wildman–Crippen LogP) is 3.65. The van der Waals surface area contributed by atoms with Crippen LogP contribution in [0.25, 0.3) is 0 Å². The SMILES string of the molecule is COc1ccccc1NC(=O)NC[C@@H](c1ccc2c(c1)CCN2C)N1CCCC1. The number of carbonyl (C=O) groups excluding carboxylic acids is 1. The first kappa shape index (κ1) is 19.6. The number of fused-ring (bicyclic) bond motifs is 1. The first-order valence-corrected chi connectivity index (χ1v) is 10.4. The Labute approximate surface area is 172 Å². The van der Waals surface area contributed by atoms with Crippen LogP contribution in [-0.2, 0) is 6.42 Å². The second kappa shape index (κ2) is 8.74. The van der Waals surface area contributed by atoms with Gasteiger partial charge in [-0.15, -0.1) is 0 Å². The van der Waals surface area contributed by atoms with E-state index in [1.807, 2.05) is 24.3 Å². The molecule has 2 aromatic rings. The molecule has 4 rings (SSSR count). The smallest absolute Gasteiger partial charge is 0.319 e. The number of likely N-dealkylation sites (N-methyl/N-ethyl adjacent to an activating group) is 1. The Morgan fingerprint density at radius 3 is 2.72 bits per heavy atom. The molecule has 2 amide bonds. The molecule has 154 valence electrons. The van der Waals surface area contributed by atoms with Gasteiger partial charge in [0.2, 0.25) is 0 Å². The lowest BCUT2D eigenvalue weighted by Crippen LogP contribution is -2.38. The minimum absolute atomic E-state index is 0.192. The van der Waals surface area contributed by atoms with E-state index >= 15 is 0 Å². The van der Waals surface area contributed by atoms with E-state index in [0.29, 0.717) is 18.0 Å². The van der Waals surface area contributed by atoms with Crippen molar-refractivity contribution in [2.45, 2.75) is 25.3 Å². The van der Waals surface area contributed by atoms with Crippen molar-refractivity contribution in [2.24, 2.45) is 0 Å². The summed E-state index contributed by atoms with van der Waals surface area (Å²) in [4.78, 5) is 17.4. The van der Waals surface area contributed by atoms with Crippen LogP contribution in [0, 0.1) is 0 Å². The van der Waals surface area contributed by atoms with Gasteiger partial charge in [-0.05, 0) is 61.7 Å². The highest BCUT2D eigenvalue weighted by Crippen LogP contribution is 2.32. The molecule has 1 fully saturated rings. The predicted molar refractivity (Wildman–Crippen MR) is 117 cm³/mol. The van der Waals surface area contributed by atoms with Crippen molar-refractivity contribution in [3.63, 3.8) is 0 Å². The number of carbonyl (C=O) groups is 1. The summed E-state index contributed by atoms with van der Waals surface area (Å²) >= 11 is 0. The Balaban J connectivity index is 1.46. The molecular formula is C23H30N4O2. The number of ether oxygens (including phenoxy) is 1. The van der Waals surface area contributed by atoms with Gasteiger partial charge in [-0.1, -0.05) is 24.3 Å². The first-order valence-electron chi connectivity index (χ1n) is 10.4. The van der Waals surface area contributed by atoms with E-state index in [0.717, 1.165) is 26.1 Å². The molecule has 0 aromatic heterocycles. The fourth-order valence-electron chi connectivity index (χ4n) is 4.41. The maximum atomic E-state index is 12.6. The van der Waals surface area contributed by atoms with Gasteiger partial charge in [-0.3, -0.25) is 4.90 Å². The second-order valence-electron chi connectivity index (χ2n) is 7.85. The molecular weight excluding hydrogens is 364 g/mol. The summed E-state index contributed by atoms with van der Waals surface area (Å²) in [5.74, 6) is 0.654. The molecule has 0 bridgehead atoms. The third-order valence-corrected chi connectivity index (χ3v) is 6.01. The number of likely N-dealkylation sites (tertiary alicyclic amines) is 1. The Kier molecular flexibility index (Phi) is 5.90. The topological polar surface area (TPSA) is 56.8 Å². The van der Waals surface area contributed by atoms with Gasteiger partial charge >= 0.3 is 6.03 Å². The highest BCUT2D eigenvalue weighted by molar-refractivity contribution is 5.90. The van der Waals surface area contributed by atoms with Crippen molar-refractivity contribution >= 4 is 17.4 Å². The van der Waals surface area contributed by atoms with E-state index in [1.165, 1.54) is 29.7 Å². The molecule has 0 spiro atoms. The van der Waals surface area contributed by atoms with E-state index in [1.54, 1.807) is 7.11 Å². The molecule has 2 N–H and O–H groups in total. The van der Waals surface area contributed by atoms with Crippen LogP contribution in [-0.4, -0.2) is 51.3 Å². The quantitative estimate of drug-likeness (QED) is 0.785. The van der Waals surface area contributed by atoms with Gasteiger partial charge in [0.05, 0.1) is 18.8 Å². The molecule has 29 heavy (non-hydrogen) atoms. The number of hydrogen-bond acceptors (Lipinski definition) is 4. The number of para-hydroxylation sites is 2. The van der Waals surface area contributed by atoms with Crippen LogP contribution in [0.2, 0.25) is 0 Å². The number of rotatable bonds is 6. The molecule has 1 atom stereocenters. The van der Waals surface area contributed by atoms with E-state index in [-0.39, 0.29) is 12.1 Å². The summed E-state index contributed by atoms with van der Waals surface area (Å²) in [6, 6.07) is 14.2. The zero-order chi connectivity index (χ0) is 20.2. The van der Waals surface area contributed by atoms with Crippen molar-refractivity contribution in [3.05, 3.63) is 53.6 Å². The molecule has 0 aliphatic carbocycles. The number of anilines is 2. The van der Waals surface area contributed by atoms with Crippen molar-refractivity contribution in [1.82, 2.24) is 10.2 Å². The lowest BCUT2D eigenvalue weighted by atomic mass is 10.0. The summed E-state index contributed by atoms with van der Waals surface area (Å²) < 4.78 is 5.32. The summed E-state index contributed by atoms with van der Waals surface area (Å²) in [5, 5.41) is 5.98. The Bertz CT molecular complexity index is 864. The van der Waals surface area contributed by atoms with E-state index in [4.69, 9.17) is 4.74 Å². The summed E-state index contributed by atoms with van der Waals surface area (Å²) in [5.41, 5.74) is 4.70. The van der Waals surface area contributed by atoms with Gasteiger partial charge in [-0.25, -0.2) is 4.79 Å². The van der Waals surface area contributed by atoms with Crippen molar-refractivity contribution in [1.29, 1.82) is 0 Å². The van der Waals surface area contributed by atoms with E-state index in [9.17, 15) is 4.79 Å². The molecule has 6 heteroatoms. The third kappa shape index (κ3) is 4.32. The monoisotopic (exact) mass is 394 g/mol. The minimum atomic E-state index is -0.209. The van der Waals surface area contributed by atoms with Crippen LogP contribution in [0.4, 0.5) is 16.2 Å². The van der Waals surface area contributed by atoms with Crippen LogP contribution in [0.5, 0.6) is 5.75 Å². The standard InChI is InChI=1S/C23H30N4O2/c1-26-14-11-18-15-17(9-10-20(18)26)21(27-12-5-6-13-27)16-24-23(28)25-19-7-3-4-8-22(19)29-2/h3-4,7-10,15,21H,5-6,11-14,16H2,1-2H3,(H2,24,25,28)/t21-/m0/s1. The highest BCUT2D eigenvalue weighted by atomic mass is 16.5. The van der Waals surface area contributed by atoms with Crippen LogP contribution < -0.4 is 20.3 Å². The van der Waals surface area contributed by atoms with Crippen LogP contribution in [0.1, 0.15) is 30.0 Å². The fraction of sp³-hybridized carbons (Fsp3) is 0.435. The van der Waals surface area contributed by atoms with Gasteiger partial charge in [0.1, 0.15) is 5.75 Å². The van der Waals surface area contributed by atoms with Gasteiger partial charge in [0.25, 0.3) is 0 Å². The van der Waals surface area contributed by atoms with Crippen molar-refractivity contribution < 1.29 is 9.53 Å². The molecule has 0 radical (unpaired) electrons. The maximum Gasteiger partial charge on any atom is 0.319 e. The zero-order valence-corrected chi connectivity index (χ0v) is 17.3. The van der Waals surface area contributed by atoms with Crippen LogP contribution in [0.3, 0.4) is 0 Å². The number of hydrogen-bond donors (Lipinski definition) is 2. The Hall–Kier alpha value is -2.73. The molecule has 0 saturated carbocycles. The number of methoxy groups -OCH3 is 1. The van der Waals surface area contributed by atoms with Crippen molar-refractivity contribution in [3.8, 4) is 5.75 Å². The van der Waals surface area contributed by atoms with E-state index in [2.05, 4.69) is 45.7 Å². The number of nitrogens with one attached hydrogen (secondary N) is 2. The first-order chi connectivity index (χ1) is 14.2. The fourth-order valence-corrected chi connectivity index (χ4v) is 4.41. The van der Waals surface area contributed by atoms with Gasteiger partial charge in [-0.2, -0.15) is 0 Å². The van der Waals surface area contributed by atoms with Crippen LogP contribution >= 0.6 is 0 Å². The van der Waals surface area contributed by atoms with Gasteiger partial charge in [0, 0.05) is 25.8 Å². The van der Waals surface area contributed by atoms with E-state index < -0.39 is 0 Å². The molecule has 2 heterocycles. The number of amides is 2. The molecule has 2 aromatic carbocycles. The molecule has 0 unspecified atom stereocenters. The Morgan fingerprint density at radius 1 is 1.14 bits per heavy atom. The Morgan fingerprint density at radius 2 is 1.93 bits per heavy atom. The lowest BCUT2D eigenvalue weighted by Gasteiger charge is -2.29. The second-order valence-corrected chi connectivity index (χ2v) is 7.85. The number of benzene rings is 2. The molecule has 2 aliphatic rings. The number of urea groups is 1. The molecule has 6 nitrogen and oxygen atoms in total. The lowest BCUT2D eigenvalue weighted by molar-refractivity contribution is 0.227. The summed E-state index contributed by atoms with van der Waals surface area (Å²) in [6.07, 6.45) is 3.53. The van der Waals surface area contributed by atoms with Crippen LogP contribution in [0.15, 0.2) is 42.5 Å². The molecule has 2 aliphatic heterocycles. The van der Waals surface area contributed by atoms with Crippen molar-refractivity contribution in [2.75, 3.05) is 50.6 Å². The largest absolute Gasteiger partial charge is 0.495 e. The average Bonchev–Trinajstić information content (AvgIpc) is 3.39. The maximum absolute atomic E-state index is 12.6. The highest BCUT2D eigenvalue weighted by Gasteiger charge is 2.26.